The van der Waals surface area contributed by atoms with E-state index in [1.807, 2.05) is 6.92 Å². The first kappa shape index (κ1) is 16.0. The van der Waals surface area contributed by atoms with Crippen molar-refractivity contribution in [2.24, 2.45) is 5.73 Å². The molecular formula is C15H17F2N3O2. The maximum absolute atomic E-state index is 12.1. The summed E-state index contributed by atoms with van der Waals surface area (Å²) >= 11 is 0. The van der Waals surface area contributed by atoms with Crippen LogP contribution in [0.4, 0.5) is 20.2 Å². The highest BCUT2D eigenvalue weighted by atomic mass is 19.3. The predicted octanol–water partition coefficient (Wildman–Crippen LogP) is 3.28. The number of hydrogen-bond acceptors (Lipinski definition) is 5. The summed E-state index contributed by atoms with van der Waals surface area (Å²) in [6, 6.07) is 7.96. The van der Waals surface area contributed by atoms with E-state index in [2.05, 4.69) is 15.0 Å². The minimum absolute atomic E-state index is 0.0980. The lowest BCUT2D eigenvalue weighted by Gasteiger charge is -2.13. The maximum atomic E-state index is 12.1. The first-order chi connectivity index (χ1) is 10.6. The van der Waals surface area contributed by atoms with Gasteiger partial charge in [-0.25, -0.2) is 0 Å². The molecule has 0 spiro atoms. The molecule has 0 aliphatic heterocycles. The molecule has 1 aromatic carbocycles. The lowest BCUT2D eigenvalue weighted by molar-refractivity contribution is -0.0498. The van der Waals surface area contributed by atoms with Crippen LogP contribution in [0, 0.1) is 0 Å². The fraction of sp³-hybridized carbons (Fsp3) is 0.267. The SMILES string of the molecule is CCOc1cnc(CN)c(Nc2ccc(OC(F)F)cc2)c1. The molecule has 0 atom stereocenters. The highest BCUT2D eigenvalue weighted by Gasteiger charge is 2.07. The minimum atomic E-state index is -2.84. The van der Waals surface area contributed by atoms with Crippen molar-refractivity contribution in [1.29, 1.82) is 0 Å². The van der Waals surface area contributed by atoms with Crippen LogP contribution in [0.2, 0.25) is 0 Å². The second-order valence-corrected chi connectivity index (χ2v) is 4.33. The van der Waals surface area contributed by atoms with E-state index in [0.717, 1.165) is 0 Å². The van der Waals surface area contributed by atoms with Crippen molar-refractivity contribution in [2.75, 3.05) is 11.9 Å². The molecule has 0 saturated heterocycles. The van der Waals surface area contributed by atoms with Gasteiger partial charge in [0, 0.05) is 18.3 Å². The smallest absolute Gasteiger partial charge is 0.387 e. The molecule has 1 aromatic heterocycles. The monoisotopic (exact) mass is 309 g/mol. The number of halogens is 2. The van der Waals surface area contributed by atoms with Crippen LogP contribution in [0.1, 0.15) is 12.6 Å². The predicted molar refractivity (Wildman–Crippen MR) is 79.7 cm³/mol. The molecule has 0 fully saturated rings. The number of nitrogens with one attached hydrogen (secondary N) is 1. The van der Waals surface area contributed by atoms with Crippen LogP contribution in [-0.2, 0) is 6.54 Å². The molecule has 5 nitrogen and oxygen atoms in total. The summed E-state index contributed by atoms with van der Waals surface area (Å²) in [6.07, 6.45) is 1.61. The largest absolute Gasteiger partial charge is 0.492 e. The summed E-state index contributed by atoms with van der Waals surface area (Å²) in [7, 11) is 0. The Labute approximate surface area is 127 Å². The van der Waals surface area contributed by atoms with E-state index in [1.54, 1.807) is 24.4 Å². The Hall–Kier alpha value is -2.41. The summed E-state index contributed by atoms with van der Waals surface area (Å²) < 4.78 is 33.9. The van der Waals surface area contributed by atoms with Crippen LogP contribution in [-0.4, -0.2) is 18.2 Å². The Bertz CT molecular complexity index is 606. The van der Waals surface area contributed by atoms with Crippen molar-refractivity contribution >= 4 is 11.4 Å². The number of ether oxygens (including phenoxy) is 2. The quantitative estimate of drug-likeness (QED) is 0.821. The molecule has 2 aromatic rings. The van der Waals surface area contributed by atoms with Gasteiger partial charge in [-0.2, -0.15) is 8.78 Å². The van der Waals surface area contributed by atoms with Gasteiger partial charge >= 0.3 is 6.61 Å². The minimum Gasteiger partial charge on any atom is -0.492 e. The zero-order valence-corrected chi connectivity index (χ0v) is 12.1. The molecule has 0 unspecified atom stereocenters. The number of hydrogen-bond donors (Lipinski definition) is 2. The number of alkyl halides is 2. The molecule has 0 saturated carbocycles. The summed E-state index contributed by atoms with van der Waals surface area (Å²) in [5.41, 5.74) is 7.74. The van der Waals surface area contributed by atoms with Crippen LogP contribution >= 0.6 is 0 Å². The Balaban J connectivity index is 2.16. The average molecular weight is 309 g/mol. The molecule has 0 bridgehead atoms. The van der Waals surface area contributed by atoms with Crippen molar-refractivity contribution in [3.63, 3.8) is 0 Å². The molecule has 3 N–H and O–H groups in total. The third kappa shape index (κ3) is 4.29. The van der Waals surface area contributed by atoms with Gasteiger partial charge in [0.15, 0.2) is 0 Å². The van der Waals surface area contributed by atoms with E-state index in [4.69, 9.17) is 10.5 Å². The normalized spacial score (nSPS) is 10.6. The lowest BCUT2D eigenvalue weighted by atomic mass is 10.2. The molecule has 0 aliphatic rings. The van der Waals surface area contributed by atoms with Gasteiger partial charge in [-0.3, -0.25) is 4.98 Å². The van der Waals surface area contributed by atoms with E-state index in [9.17, 15) is 8.78 Å². The van der Waals surface area contributed by atoms with Gasteiger partial charge in [-0.05, 0) is 31.2 Å². The van der Waals surface area contributed by atoms with Gasteiger partial charge in [0.2, 0.25) is 0 Å². The number of rotatable bonds is 7. The van der Waals surface area contributed by atoms with E-state index < -0.39 is 6.61 Å². The van der Waals surface area contributed by atoms with E-state index >= 15 is 0 Å². The standard InChI is InChI=1S/C15H17F2N3O2/c1-2-21-12-7-13(14(8-18)19-9-12)20-10-3-5-11(6-4-10)22-15(16)17/h3-7,9,15,20H,2,8,18H2,1H3. The van der Waals surface area contributed by atoms with E-state index in [1.165, 1.54) is 12.1 Å². The Morgan fingerprint density at radius 3 is 2.55 bits per heavy atom. The third-order valence-corrected chi connectivity index (χ3v) is 2.81. The van der Waals surface area contributed by atoms with E-state index in [0.29, 0.717) is 29.4 Å². The number of benzene rings is 1. The number of aromatic nitrogens is 1. The van der Waals surface area contributed by atoms with Gasteiger partial charge in [-0.1, -0.05) is 0 Å². The molecule has 0 amide bonds. The van der Waals surface area contributed by atoms with Crippen molar-refractivity contribution in [2.45, 2.75) is 20.1 Å². The molecule has 0 aliphatic carbocycles. The summed E-state index contributed by atoms with van der Waals surface area (Å²) in [5.74, 6) is 0.723. The molecule has 0 radical (unpaired) electrons. The third-order valence-electron chi connectivity index (χ3n) is 2.81. The summed E-state index contributed by atoms with van der Waals surface area (Å²) in [4.78, 5) is 4.23. The van der Waals surface area contributed by atoms with Crippen molar-refractivity contribution in [1.82, 2.24) is 4.98 Å². The van der Waals surface area contributed by atoms with Gasteiger partial charge < -0.3 is 20.5 Å². The maximum Gasteiger partial charge on any atom is 0.387 e. The fourth-order valence-electron chi connectivity index (χ4n) is 1.87. The zero-order chi connectivity index (χ0) is 15.9. The van der Waals surface area contributed by atoms with E-state index in [-0.39, 0.29) is 12.3 Å². The fourth-order valence-corrected chi connectivity index (χ4v) is 1.87. The Morgan fingerprint density at radius 2 is 1.95 bits per heavy atom. The average Bonchev–Trinajstić information content (AvgIpc) is 2.49. The topological polar surface area (TPSA) is 69.4 Å². The second kappa shape index (κ2) is 7.56. The van der Waals surface area contributed by atoms with Crippen LogP contribution in [0.15, 0.2) is 36.5 Å². The molecule has 1 heterocycles. The zero-order valence-electron chi connectivity index (χ0n) is 12.1. The Morgan fingerprint density at radius 1 is 1.23 bits per heavy atom. The van der Waals surface area contributed by atoms with Crippen LogP contribution in [0.3, 0.4) is 0 Å². The lowest BCUT2D eigenvalue weighted by Crippen LogP contribution is -2.06. The van der Waals surface area contributed by atoms with Gasteiger partial charge in [0.25, 0.3) is 0 Å². The van der Waals surface area contributed by atoms with Crippen molar-refractivity contribution < 1.29 is 18.3 Å². The second-order valence-electron chi connectivity index (χ2n) is 4.33. The number of nitrogens with zero attached hydrogens (tertiary/aromatic N) is 1. The number of nitrogens with two attached hydrogens (primary N) is 1. The van der Waals surface area contributed by atoms with Crippen LogP contribution in [0.25, 0.3) is 0 Å². The Kier molecular flexibility index (Phi) is 5.48. The van der Waals surface area contributed by atoms with Crippen LogP contribution < -0.4 is 20.5 Å². The highest BCUT2D eigenvalue weighted by molar-refractivity contribution is 5.63. The first-order valence-corrected chi connectivity index (χ1v) is 6.76. The number of pyridine rings is 1. The summed E-state index contributed by atoms with van der Waals surface area (Å²) in [6.45, 7) is -0.162. The van der Waals surface area contributed by atoms with Gasteiger partial charge in [0.05, 0.1) is 24.2 Å². The van der Waals surface area contributed by atoms with Gasteiger partial charge in [0.1, 0.15) is 11.5 Å². The molecule has 22 heavy (non-hydrogen) atoms. The van der Waals surface area contributed by atoms with Crippen LogP contribution in [0.5, 0.6) is 11.5 Å². The highest BCUT2D eigenvalue weighted by Crippen LogP contribution is 2.25. The molecule has 118 valence electrons. The first-order valence-electron chi connectivity index (χ1n) is 6.76. The van der Waals surface area contributed by atoms with Crippen molar-refractivity contribution in [3.8, 4) is 11.5 Å². The molecular weight excluding hydrogens is 292 g/mol. The number of anilines is 2. The molecule has 2 rings (SSSR count). The van der Waals surface area contributed by atoms with Crippen molar-refractivity contribution in [3.05, 3.63) is 42.2 Å². The summed E-state index contributed by atoms with van der Waals surface area (Å²) in [5, 5.41) is 3.14. The molecule has 7 heteroatoms. The van der Waals surface area contributed by atoms with Gasteiger partial charge in [-0.15, -0.1) is 0 Å².